The van der Waals surface area contributed by atoms with Gasteiger partial charge in [0.15, 0.2) is 17.1 Å². The predicted octanol–water partition coefficient (Wildman–Crippen LogP) is 6.21. The number of benzene rings is 4. The minimum Gasteiger partial charge on any atom is -0.478 e. The lowest BCUT2D eigenvalue weighted by molar-refractivity contribution is -0.136. The van der Waals surface area contributed by atoms with Crippen molar-refractivity contribution in [3.05, 3.63) is 194 Å². The second-order valence-corrected chi connectivity index (χ2v) is 23.3. The summed E-state index contributed by atoms with van der Waals surface area (Å²) in [6.45, 7) is 23.1. The number of halogens is 4. The fourth-order valence-corrected chi connectivity index (χ4v) is 12.0. The van der Waals surface area contributed by atoms with Gasteiger partial charge in [-0.05, 0) is 86.4 Å². The lowest BCUT2D eigenvalue weighted by Gasteiger charge is -2.35. The summed E-state index contributed by atoms with van der Waals surface area (Å²) >= 11 is 9.71. The van der Waals surface area contributed by atoms with Crippen molar-refractivity contribution in [2.24, 2.45) is 11.5 Å². The highest BCUT2D eigenvalue weighted by Crippen LogP contribution is 2.33. The molecule has 0 aliphatic carbocycles. The number of nitrogens with zero attached hydrogens (tertiary/aromatic N) is 12. The van der Waals surface area contributed by atoms with Crippen LogP contribution < -0.4 is 11.5 Å². The van der Waals surface area contributed by atoms with E-state index in [9.17, 15) is 53.6 Å². The summed E-state index contributed by atoms with van der Waals surface area (Å²) in [4.78, 5) is 88.7. The molecule has 26 nitrogen and oxygen atoms in total. The first-order valence-electron chi connectivity index (χ1n) is 27.8. The van der Waals surface area contributed by atoms with E-state index in [1.807, 2.05) is 52.1 Å². The number of carbonyl (C=O) groups is 6. The van der Waals surface area contributed by atoms with Gasteiger partial charge < -0.3 is 56.6 Å². The highest BCUT2D eigenvalue weighted by molar-refractivity contribution is 14.1. The van der Waals surface area contributed by atoms with Crippen LogP contribution in [0.25, 0.3) is 25.8 Å². The highest BCUT2D eigenvalue weighted by Gasteiger charge is 2.38. The van der Waals surface area contributed by atoms with E-state index in [4.69, 9.17) is 52.8 Å². The minimum absolute atomic E-state index is 0. The number of fused-ring (bicyclic) bond motifs is 3. The van der Waals surface area contributed by atoms with Gasteiger partial charge in [-0.15, -0.1) is 0 Å². The molecule has 4 aromatic carbocycles. The number of amides is 5. The van der Waals surface area contributed by atoms with Gasteiger partial charge in [0.2, 0.25) is 17.7 Å². The van der Waals surface area contributed by atoms with Crippen LogP contribution in [0, 0.1) is 32.9 Å². The number of primary amides is 2. The van der Waals surface area contributed by atoms with E-state index in [0.717, 1.165) is 23.1 Å². The Balaban J connectivity index is 0.000000210. The van der Waals surface area contributed by atoms with Crippen molar-refractivity contribution in [1.29, 1.82) is 0 Å². The number of hydrogen-bond acceptors (Lipinski definition) is 14. The number of aromatic nitrogens is 6. The van der Waals surface area contributed by atoms with Gasteiger partial charge >= 0.3 is 13.1 Å². The van der Waals surface area contributed by atoms with Crippen LogP contribution in [0.2, 0.25) is 11.3 Å². The molecular weight excluding hydrogens is 1440 g/mol. The molecule has 0 saturated carbocycles. The zero-order valence-corrected chi connectivity index (χ0v) is 53.6. The SMILES string of the molecule is C.CCCB(O)O.[C-]#[N+]c1ccc(CC(=O)N2Cc3c(C(=O)O)c(I)nn3CC2CO)cc1.[C-]#[N+]c1ccc(CC(=O)N2Cc3c(C(N)=O)c(-c4ccc(F)c(Cl)c4)nn3CC2CO)cc1.[C-]#[N+]c1ccc(CC(=O)N2Cc3c(C(N)=O)c(I)nn3CC2CO)cc1. The molecule has 7 aromatic rings. The first kappa shape index (κ1) is 72.4. The van der Waals surface area contributed by atoms with Crippen molar-refractivity contribution < 1.29 is 63.6 Å². The van der Waals surface area contributed by atoms with Crippen molar-refractivity contribution in [3.8, 4) is 11.3 Å². The zero-order chi connectivity index (χ0) is 66.4. The maximum atomic E-state index is 13.6. The molecule has 0 fully saturated rings. The summed E-state index contributed by atoms with van der Waals surface area (Å²) in [5.41, 5.74) is 17.5. The average molecular weight is 1500 g/mol. The molecular formula is C61H63BClFI2N14O12. The van der Waals surface area contributed by atoms with Crippen LogP contribution in [0.5, 0.6) is 0 Å². The largest absolute Gasteiger partial charge is 0.478 e. The smallest absolute Gasteiger partial charge is 0.451 e. The van der Waals surface area contributed by atoms with Gasteiger partial charge in [-0.25, -0.2) is 23.7 Å². The van der Waals surface area contributed by atoms with Crippen LogP contribution in [0.3, 0.4) is 0 Å². The van der Waals surface area contributed by atoms with Crippen molar-refractivity contribution in [3.63, 3.8) is 0 Å². The van der Waals surface area contributed by atoms with Gasteiger partial charge in [0, 0.05) is 5.56 Å². The van der Waals surface area contributed by atoms with E-state index >= 15 is 0 Å². The van der Waals surface area contributed by atoms with Gasteiger partial charge in [0.1, 0.15) is 24.5 Å². The number of nitrogens with two attached hydrogens (primary N) is 2. The number of carboxylic acids is 1. The molecule has 3 aliphatic heterocycles. The Morgan fingerprint density at radius 3 is 1.25 bits per heavy atom. The van der Waals surface area contributed by atoms with E-state index in [2.05, 4.69) is 29.8 Å². The van der Waals surface area contributed by atoms with Crippen LogP contribution in [0.1, 0.15) is 85.6 Å². The van der Waals surface area contributed by atoms with Crippen molar-refractivity contribution in [2.75, 3.05) is 19.8 Å². The van der Waals surface area contributed by atoms with Crippen LogP contribution in [-0.2, 0) is 72.9 Å². The van der Waals surface area contributed by atoms with Crippen molar-refractivity contribution in [2.45, 2.75) is 104 Å². The maximum Gasteiger partial charge on any atom is 0.451 e. The number of carboxylic acid groups (broad SMARTS) is 1. The molecule has 5 amide bonds. The topological polar surface area (TPSA) is 352 Å². The molecule has 0 radical (unpaired) electrons. The molecule has 0 bridgehead atoms. The molecule has 480 valence electrons. The van der Waals surface area contributed by atoms with E-state index in [-0.39, 0.29) is 119 Å². The standard InChI is InChI=1S/C23H19ClFN5O3.C17H16IN5O3.C17H15IN4O4.C3H9BO2.CH4/c1-27-15-5-2-13(3-6-15)8-20(32)29-11-19-21(23(26)33)22(28-30(19)10-16(29)12-31)14-4-7-18(25)17(24)9-14;1-20-11-4-2-10(3-5-11)6-14(25)22-8-13-15(17(19)26)16(18)21-23(13)7-12(22)9-24;1-19-11-4-2-10(3-5-11)6-14(24)21-8-13-15(17(25)26)16(18)20-22(13)7-12(21)9-23;1-2-3-4(5)6;/h2-7,9,16,31H,8,10-12H2,(H2,26,33);2-5,12,24H,6-9H2,(H2,19,26);2-5,12,23H,6-9H2,(H,25,26);5-6H,2-3H2,1H3;1H4. The molecule has 3 aliphatic rings. The average Bonchev–Trinajstić information content (AvgIpc) is 1.62. The molecule has 10 N–H and O–H groups in total. The molecule has 0 spiro atoms. The second-order valence-electron chi connectivity index (χ2n) is 20.8. The number of aromatic carboxylic acids is 1. The van der Waals surface area contributed by atoms with Gasteiger partial charge in [-0.2, -0.15) is 15.3 Å². The van der Waals surface area contributed by atoms with Crippen LogP contribution in [-0.4, -0.2) is 155 Å². The fraction of sp³-hybridized carbons (Fsp3) is 0.311. The van der Waals surface area contributed by atoms with Gasteiger partial charge in [0.05, 0.1) is 149 Å². The number of aliphatic hydroxyl groups is 3. The molecule has 92 heavy (non-hydrogen) atoms. The molecule has 3 unspecified atom stereocenters. The van der Waals surface area contributed by atoms with E-state index in [0.29, 0.717) is 65.5 Å². The minimum atomic E-state index is -1.10. The van der Waals surface area contributed by atoms with E-state index in [1.54, 1.807) is 91.7 Å². The van der Waals surface area contributed by atoms with Gasteiger partial charge in [0.25, 0.3) is 11.8 Å². The third-order valence-corrected chi connectivity index (χ3v) is 16.6. The first-order chi connectivity index (χ1) is 43.5. The van der Waals surface area contributed by atoms with E-state index < -0.39 is 48.8 Å². The third kappa shape index (κ3) is 17.5. The monoisotopic (exact) mass is 1500 g/mol. The lowest BCUT2D eigenvalue weighted by atomic mass is 9.85. The normalized spacial score (nSPS) is 15.0. The number of hydrogen-bond donors (Lipinski definition) is 8. The number of carbonyl (C=O) groups excluding carboxylic acids is 5. The molecule has 6 heterocycles. The summed E-state index contributed by atoms with van der Waals surface area (Å²) in [7, 11) is -1.10. The lowest BCUT2D eigenvalue weighted by Crippen LogP contribution is -2.49. The van der Waals surface area contributed by atoms with Crippen molar-refractivity contribution >= 4 is 116 Å². The van der Waals surface area contributed by atoms with Gasteiger partial charge in [-0.3, -0.25) is 38.0 Å². The van der Waals surface area contributed by atoms with Crippen LogP contribution in [0.4, 0.5) is 21.5 Å². The number of rotatable bonds is 15. The van der Waals surface area contributed by atoms with E-state index in [1.165, 1.54) is 28.0 Å². The molecule has 10 rings (SSSR count). The Morgan fingerprint density at radius 2 is 0.946 bits per heavy atom. The predicted molar refractivity (Wildman–Crippen MR) is 352 cm³/mol. The van der Waals surface area contributed by atoms with Crippen molar-refractivity contribution in [1.82, 2.24) is 44.0 Å². The summed E-state index contributed by atoms with van der Waals surface area (Å²) < 4.78 is 19.2. The second kappa shape index (κ2) is 33.1. The molecule has 31 heteroatoms. The Labute approximate surface area is 560 Å². The third-order valence-electron chi connectivity index (χ3n) is 14.8. The molecule has 0 saturated heterocycles. The Morgan fingerprint density at radius 1 is 0.598 bits per heavy atom. The molecule has 3 aromatic heterocycles. The molecule has 3 atom stereocenters. The first-order valence-corrected chi connectivity index (χ1v) is 30.4. The highest BCUT2D eigenvalue weighted by atomic mass is 127. The summed E-state index contributed by atoms with van der Waals surface area (Å²) in [5.74, 6) is -3.64. The Bertz CT molecular complexity index is 3830. The fourth-order valence-electron chi connectivity index (χ4n) is 10.2. The number of aliphatic hydroxyl groups excluding tert-OH is 3. The Kier molecular flexibility index (Phi) is 26.0. The maximum absolute atomic E-state index is 13.6. The Hall–Kier alpha value is -8.66. The zero-order valence-electron chi connectivity index (χ0n) is 48.5. The van der Waals surface area contributed by atoms with Crippen LogP contribution >= 0.6 is 56.8 Å². The quantitative estimate of drug-likeness (QED) is 0.0321. The summed E-state index contributed by atoms with van der Waals surface area (Å²) in [6.07, 6.45) is 1.64. The van der Waals surface area contributed by atoms with Crippen LogP contribution in [0.15, 0.2) is 91.0 Å². The summed E-state index contributed by atoms with van der Waals surface area (Å²) in [6, 6.07) is 22.8. The van der Waals surface area contributed by atoms with Gasteiger partial charge in [-0.1, -0.05) is 105 Å². The summed E-state index contributed by atoms with van der Waals surface area (Å²) in [5, 5.41) is 67.8.